The molecule has 5 heteroatoms. The zero-order chi connectivity index (χ0) is 14.7. The molecule has 2 aromatic heterocycles. The lowest BCUT2D eigenvalue weighted by Gasteiger charge is -2.15. The van der Waals surface area contributed by atoms with Crippen LogP contribution in [0.5, 0.6) is 0 Å². The number of thiophene rings is 1. The van der Waals surface area contributed by atoms with Crippen molar-refractivity contribution >= 4 is 27.3 Å². The van der Waals surface area contributed by atoms with Crippen LogP contribution in [0, 0.1) is 0 Å². The maximum Gasteiger partial charge on any atom is 0.0794 e. The SMILES string of the molecule is C[C@@H](NCc1cn[nH]c1-c1cccs1)c1ccccc1Br. The highest BCUT2D eigenvalue weighted by Gasteiger charge is 2.12. The second-order valence-electron chi connectivity index (χ2n) is 4.87. The summed E-state index contributed by atoms with van der Waals surface area (Å²) < 4.78 is 1.13. The molecule has 0 aliphatic rings. The summed E-state index contributed by atoms with van der Waals surface area (Å²) in [4.78, 5) is 1.22. The molecule has 1 aromatic carbocycles. The molecule has 108 valence electrons. The van der Waals surface area contributed by atoms with Crippen LogP contribution in [-0.2, 0) is 6.54 Å². The van der Waals surface area contributed by atoms with Crippen molar-refractivity contribution in [3.8, 4) is 10.6 Å². The number of H-pyrrole nitrogens is 1. The minimum absolute atomic E-state index is 0.270. The molecule has 2 N–H and O–H groups in total. The van der Waals surface area contributed by atoms with Crippen molar-refractivity contribution < 1.29 is 0 Å². The standard InChI is InChI=1S/C16H16BrN3S/c1-11(13-5-2-3-6-14(13)17)18-9-12-10-19-20-16(12)15-7-4-8-21-15/h2-8,10-11,18H,9H2,1H3,(H,19,20)/t11-/m1/s1. The van der Waals surface area contributed by atoms with E-state index in [2.05, 4.69) is 74.1 Å². The Morgan fingerprint density at radius 1 is 1.29 bits per heavy atom. The number of nitrogens with one attached hydrogen (secondary N) is 2. The maximum atomic E-state index is 4.18. The topological polar surface area (TPSA) is 40.7 Å². The number of hydrogen-bond acceptors (Lipinski definition) is 3. The monoisotopic (exact) mass is 361 g/mol. The number of benzene rings is 1. The van der Waals surface area contributed by atoms with Gasteiger partial charge in [-0.15, -0.1) is 11.3 Å². The molecule has 0 radical (unpaired) electrons. The predicted molar refractivity (Wildman–Crippen MR) is 91.3 cm³/mol. The summed E-state index contributed by atoms with van der Waals surface area (Å²) >= 11 is 5.33. The van der Waals surface area contributed by atoms with Crippen molar-refractivity contribution in [2.24, 2.45) is 0 Å². The lowest BCUT2D eigenvalue weighted by Crippen LogP contribution is -2.18. The Morgan fingerprint density at radius 3 is 2.90 bits per heavy atom. The van der Waals surface area contributed by atoms with Crippen molar-refractivity contribution in [1.82, 2.24) is 15.5 Å². The van der Waals surface area contributed by atoms with Crippen LogP contribution in [-0.4, -0.2) is 10.2 Å². The number of aromatic amines is 1. The molecule has 3 nitrogen and oxygen atoms in total. The Morgan fingerprint density at radius 2 is 2.14 bits per heavy atom. The molecule has 0 aliphatic carbocycles. The molecule has 3 rings (SSSR count). The van der Waals surface area contributed by atoms with Gasteiger partial charge in [0.25, 0.3) is 0 Å². The Bertz CT molecular complexity index is 706. The largest absolute Gasteiger partial charge is 0.306 e. The number of nitrogens with zero attached hydrogens (tertiary/aromatic N) is 1. The highest BCUT2D eigenvalue weighted by atomic mass is 79.9. The van der Waals surface area contributed by atoms with Crippen LogP contribution >= 0.6 is 27.3 Å². The quantitative estimate of drug-likeness (QED) is 0.688. The summed E-state index contributed by atoms with van der Waals surface area (Å²) in [6.07, 6.45) is 1.90. The van der Waals surface area contributed by atoms with Crippen molar-refractivity contribution in [2.45, 2.75) is 19.5 Å². The molecule has 0 spiro atoms. The molecule has 0 fully saturated rings. The molecule has 21 heavy (non-hydrogen) atoms. The van der Waals surface area contributed by atoms with E-state index in [1.165, 1.54) is 16.0 Å². The van der Waals surface area contributed by atoms with Gasteiger partial charge in [-0.3, -0.25) is 5.10 Å². The third-order valence-electron chi connectivity index (χ3n) is 3.46. The van der Waals surface area contributed by atoms with Crippen molar-refractivity contribution in [1.29, 1.82) is 0 Å². The summed E-state index contributed by atoms with van der Waals surface area (Å²) in [6.45, 7) is 2.96. The van der Waals surface area contributed by atoms with Gasteiger partial charge >= 0.3 is 0 Å². The van der Waals surface area contributed by atoms with Crippen LogP contribution in [0.1, 0.15) is 24.1 Å². The van der Waals surface area contributed by atoms with Gasteiger partial charge in [0.2, 0.25) is 0 Å². The molecule has 0 amide bonds. The third kappa shape index (κ3) is 3.26. The number of hydrogen-bond donors (Lipinski definition) is 2. The van der Waals surface area contributed by atoms with Crippen LogP contribution in [0.25, 0.3) is 10.6 Å². The van der Waals surface area contributed by atoms with Crippen LogP contribution < -0.4 is 5.32 Å². The molecule has 2 heterocycles. The Kier molecular flexibility index (Phi) is 4.53. The maximum absolute atomic E-state index is 4.18. The zero-order valence-corrected chi connectivity index (χ0v) is 14.0. The molecule has 1 atom stereocenters. The van der Waals surface area contributed by atoms with Gasteiger partial charge in [-0.05, 0) is 30.0 Å². The second kappa shape index (κ2) is 6.56. The van der Waals surface area contributed by atoms with E-state index in [4.69, 9.17) is 0 Å². The van der Waals surface area contributed by atoms with Crippen LogP contribution in [0.2, 0.25) is 0 Å². The average Bonchev–Trinajstić information content (AvgIpc) is 3.16. The molecule has 0 bridgehead atoms. The first-order valence-corrected chi connectivity index (χ1v) is 8.47. The Labute approximate surface area is 136 Å². The summed E-state index contributed by atoms with van der Waals surface area (Å²) in [7, 11) is 0. The average molecular weight is 362 g/mol. The van der Waals surface area contributed by atoms with Gasteiger partial charge < -0.3 is 5.32 Å². The van der Waals surface area contributed by atoms with Crippen molar-refractivity contribution in [3.05, 3.63) is 63.6 Å². The number of halogens is 1. The summed E-state index contributed by atoms with van der Waals surface area (Å²) in [5, 5.41) is 12.9. The van der Waals surface area contributed by atoms with Gasteiger partial charge in [-0.25, -0.2) is 0 Å². The minimum atomic E-state index is 0.270. The van der Waals surface area contributed by atoms with Gasteiger partial charge in [0.05, 0.1) is 16.8 Å². The van der Waals surface area contributed by atoms with E-state index < -0.39 is 0 Å². The molecular formula is C16H16BrN3S. The van der Waals surface area contributed by atoms with Crippen LogP contribution in [0.15, 0.2) is 52.4 Å². The molecular weight excluding hydrogens is 346 g/mol. The first-order valence-electron chi connectivity index (χ1n) is 6.79. The fourth-order valence-electron chi connectivity index (χ4n) is 2.28. The van der Waals surface area contributed by atoms with Gasteiger partial charge in [-0.1, -0.05) is 40.2 Å². The summed E-state index contributed by atoms with van der Waals surface area (Å²) in [5.41, 5.74) is 3.56. The Hall–Kier alpha value is -1.43. The van der Waals surface area contributed by atoms with Gasteiger partial charge in [0, 0.05) is 22.6 Å². The van der Waals surface area contributed by atoms with Crippen molar-refractivity contribution in [3.63, 3.8) is 0 Å². The first kappa shape index (κ1) is 14.5. The van der Waals surface area contributed by atoms with E-state index in [1.807, 2.05) is 12.3 Å². The van der Waals surface area contributed by atoms with Crippen molar-refractivity contribution in [2.75, 3.05) is 0 Å². The smallest absolute Gasteiger partial charge is 0.0794 e. The zero-order valence-electron chi connectivity index (χ0n) is 11.6. The molecule has 0 aliphatic heterocycles. The molecule has 0 unspecified atom stereocenters. The van der Waals surface area contributed by atoms with E-state index in [9.17, 15) is 0 Å². The fraction of sp³-hybridized carbons (Fsp3) is 0.188. The predicted octanol–water partition coefficient (Wildman–Crippen LogP) is 4.75. The van der Waals surface area contributed by atoms with E-state index in [-0.39, 0.29) is 6.04 Å². The number of aromatic nitrogens is 2. The highest BCUT2D eigenvalue weighted by molar-refractivity contribution is 9.10. The summed E-state index contributed by atoms with van der Waals surface area (Å²) in [6, 6.07) is 12.7. The molecule has 0 saturated heterocycles. The number of rotatable bonds is 5. The third-order valence-corrected chi connectivity index (χ3v) is 5.07. The normalized spacial score (nSPS) is 12.5. The second-order valence-corrected chi connectivity index (χ2v) is 6.67. The first-order chi connectivity index (χ1) is 10.3. The lowest BCUT2D eigenvalue weighted by atomic mass is 10.1. The van der Waals surface area contributed by atoms with Gasteiger partial charge in [0.15, 0.2) is 0 Å². The van der Waals surface area contributed by atoms with E-state index in [1.54, 1.807) is 11.3 Å². The van der Waals surface area contributed by atoms with Crippen LogP contribution in [0.3, 0.4) is 0 Å². The lowest BCUT2D eigenvalue weighted by molar-refractivity contribution is 0.573. The Balaban J connectivity index is 1.72. The summed E-state index contributed by atoms with van der Waals surface area (Å²) in [5.74, 6) is 0. The fourth-order valence-corrected chi connectivity index (χ4v) is 3.66. The van der Waals surface area contributed by atoms with E-state index in [0.717, 1.165) is 16.7 Å². The molecule has 3 aromatic rings. The van der Waals surface area contributed by atoms with E-state index in [0.29, 0.717) is 0 Å². The van der Waals surface area contributed by atoms with Gasteiger partial charge in [-0.2, -0.15) is 5.10 Å². The van der Waals surface area contributed by atoms with Gasteiger partial charge in [0.1, 0.15) is 0 Å². The minimum Gasteiger partial charge on any atom is -0.306 e. The van der Waals surface area contributed by atoms with E-state index >= 15 is 0 Å². The highest BCUT2D eigenvalue weighted by Crippen LogP contribution is 2.27. The van der Waals surface area contributed by atoms with Crippen LogP contribution in [0.4, 0.5) is 0 Å². The molecule has 0 saturated carbocycles.